The van der Waals surface area contributed by atoms with Crippen LogP contribution in [0.5, 0.6) is 0 Å². The number of carbonyl (C=O) groups is 1. The van der Waals surface area contributed by atoms with Crippen molar-refractivity contribution in [2.24, 2.45) is 0 Å². The Kier molecular flexibility index (Phi) is 3.97. The van der Waals surface area contributed by atoms with Crippen molar-refractivity contribution in [3.63, 3.8) is 0 Å². The van der Waals surface area contributed by atoms with Crippen LogP contribution in [0.25, 0.3) is 0 Å². The largest absolute Gasteiger partial charge is 0.465 e. The molecule has 3 nitrogen and oxygen atoms in total. The third kappa shape index (κ3) is 2.70. The van der Waals surface area contributed by atoms with Gasteiger partial charge in [0, 0.05) is 5.54 Å². The summed E-state index contributed by atoms with van der Waals surface area (Å²) in [5.41, 5.74) is 1.41. The summed E-state index contributed by atoms with van der Waals surface area (Å²) in [6, 6.07) is 10.8. The maximum absolute atomic E-state index is 11.4. The molecule has 0 spiro atoms. The lowest BCUT2D eigenvalue weighted by molar-refractivity contribution is -0.139. The lowest BCUT2D eigenvalue weighted by Gasteiger charge is -2.04. The van der Waals surface area contributed by atoms with Gasteiger partial charge in [-0.05, 0) is 26.3 Å². The molecule has 2 rings (SSSR count). The zero-order valence-electron chi connectivity index (χ0n) is 11.1. The fraction of sp³-hybridized carbons (Fsp3) is 0.500. The van der Waals surface area contributed by atoms with Crippen molar-refractivity contribution in [3.8, 4) is 0 Å². The molecular weight excluding hydrogens is 246 g/mol. The van der Waals surface area contributed by atoms with E-state index in [0.717, 1.165) is 0 Å². The molecular formula is C14H19NO2S. The van der Waals surface area contributed by atoms with Crippen LogP contribution in [0.1, 0.15) is 32.4 Å². The molecule has 2 atom stereocenters. The number of nitrogens with zero attached hydrogens (tertiary/aromatic N) is 1. The molecule has 18 heavy (non-hydrogen) atoms. The van der Waals surface area contributed by atoms with Crippen LogP contribution in [0, 0.1) is 0 Å². The van der Waals surface area contributed by atoms with E-state index in [1.165, 1.54) is 5.56 Å². The van der Waals surface area contributed by atoms with E-state index in [2.05, 4.69) is 42.4 Å². The molecule has 1 fully saturated rings. The highest BCUT2D eigenvalue weighted by Gasteiger charge is 2.56. The number of hydrogen-bond acceptors (Lipinski definition) is 4. The Morgan fingerprint density at radius 2 is 2.06 bits per heavy atom. The highest BCUT2D eigenvalue weighted by atomic mass is 32.2. The Morgan fingerprint density at radius 1 is 1.39 bits per heavy atom. The van der Waals surface area contributed by atoms with Crippen molar-refractivity contribution in [2.75, 3.05) is 12.4 Å². The topological polar surface area (TPSA) is 29.3 Å². The average molecular weight is 265 g/mol. The molecule has 0 N–H and O–H groups in total. The molecule has 98 valence electrons. The Morgan fingerprint density at radius 3 is 2.67 bits per heavy atom. The molecule has 0 aromatic heterocycles. The number of esters is 1. The maximum Gasteiger partial charge on any atom is 0.317 e. The molecule has 1 heterocycles. The van der Waals surface area contributed by atoms with Crippen LogP contribution >= 0.6 is 11.9 Å². The van der Waals surface area contributed by atoms with Crippen molar-refractivity contribution >= 4 is 17.9 Å². The first-order valence-electron chi connectivity index (χ1n) is 6.20. The maximum atomic E-state index is 11.4. The first-order chi connectivity index (χ1) is 8.57. The minimum Gasteiger partial charge on any atom is -0.465 e. The molecule has 1 saturated heterocycles. The van der Waals surface area contributed by atoms with Crippen LogP contribution in [-0.2, 0) is 9.53 Å². The van der Waals surface area contributed by atoms with Crippen LogP contribution in [0.3, 0.4) is 0 Å². The average Bonchev–Trinajstić information content (AvgIpc) is 2.90. The summed E-state index contributed by atoms with van der Waals surface area (Å²) in [5, 5.41) is 0. The van der Waals surface area contributed by atoms with Crippen molar-refractivity contribution < 1.29 is 9.53 Å². The van der Waals surface area contributed by atoms with Gasteiger partial charge in [0.25, 0.3) is 0 Å². The van der Waals surface area contributed by atoms with Gasteiger partial charge >= 0.3 is 5.97 Å². The number of benzene rings is 1. The molecule has 1 aromatic rings. The van der Waals surface area contributed by atoms with Gasteiger partial charge in [-0.25, -0.2) is 4.31 Å². The second kappa shape index (κ2) is 5.33. The van der Waals surface area contributed by atoms with E-state index < -0.39 is 0 Å². The van der Waals surface area contributed by atoms with E-state index in [4.69, 9.17) is 4.74 Å². The second-order valence-corrected chi connectivity index (χ2v) is 5.81. The van der Waals surface area contributed by atoms with Gasteiger partial charge in [-0.1, -0.05) is 42.3 Å². The summed E-state index contributed by atoms with van der Waals surface area (Å²) in [6.45, 7) is 6.67. The first kappa shape index (κ1) is 13.4. The molecule has 0 saturated carbocycles. The van der Waals surface area contributed by atoms with E-state index in [9.17, 15) is 4.79 Å². The normalized spacial score (nSPS) is 24.6. The van der Waals surface area contributed by atoms with Gasteiger partial charge in [-0.15, -0.1) is 0 Å². The molecule has 1 aliphatic heterocycles. The fourth-order valence-electron chi connectivity index (χ4n) is 2.20. The highest BCUT2D eigenvalue weighted by molar-refractivity contribution is 7.97. The summed E-state index contributed by atoms with van der Waals surface area (Å²) in [5.74, 6) is 0.248. The number of ether oxygens (including phenoxy) is 1. The monoisotopic (exact) mass is 265 g/mol. The van der Waals surface area contributed by atoms with E-state index in [1.807, 2.05) is 13.0 Å². The summed E-state index contributed by atoms with van der Waals surface area (Å²) in [6.07, 6.45) is 0. The van der Waals surface area contributed by atoms with Gasteiger partial charge in [0.05, 0.1) is 12.6 Å². The molecule has 0 bridgehead atoms. The number of hydrogen-bond donors (Lipinski definition) is 0. The van der Waals surface area contributed by atoms with Gasteiger partial charge in [-0.3, -0.25) is 4.79 Å². The molecule has 1 aliphatic rings. The number of carbonyl (C=O) groups excluding carboxylic acids is 1. The van der Waals surface area contributed by atoms with Gasteiger partial charge in [0.2, 0.25) is 0 Å². The predicted octanol–water partition coefficient (Wildman–Crippen LogP) is 3.03. The van der Waals surface area contributed by atoms with Crippen LogP contribution in [0.15, 0.2) is 30.3 Å². The summed E-state index contributed by atoms with van der Waals surface area (Å²) >= 11 is 1.56. The lowest BCUT2D eigenvalue weighted by atomic mass is 10.0. The fourth-order valence-corrected chi connectivity index (χ4v) is 3.44. The summed E-state index contributed by atoms with van der Waals surface area (Å²) in [7, 11) is 0. The smallest absolute Gasteiger partial charge is 0.317 e. The standard InChI is InChI=1S/C14H19NO2S/c1-4-17-12(16)10-18-15-13(14(15,2)3)11-8-6-5-7-9-11/h5-9,13H,4,10H2,1-3H3. The number of rotatable bonds is 5. The molecule has 0 amide bonds. The van der Waals surface area contributed by atoms with E-state index in [0.29, 0.717) is 18.4 Å². The Hall–Kier alpha value is -1.00. The van der Waals surface area contributed by atoms with Gasteiger partial charge in [0.1, 0.15) is 5.75 Å². The van der Waals surface area contributed by atoms with Crippen LogP contribution in [0.4, 0.5) is 0 Å². The summed E-state index contributed by atoms with van der Waals surface area (Å²) in [4.78, 5) is 11.4. The van der Waals surface area contributed by atoms with Crippen molar-refractivity contribution in [1.29, 1.82) is 0 Å². The molecule has 1 aromatic carbocycles. The minimum absolute atomic E-state index is 0.110. The van der Waals surface area contributed by atoms with E-state index in [1.54, 1.807) is 11.9 Å². The van der Waals surface area contributed by atoms with Crippen LogP contribution in [-0.4, -0.2) is 28.2 Å². The summed E-state index contributed by atoms with van der Waals surface area (Å²) < 4.78 is 7.21. The minimum atomic E-state index is -0.142. The zero-order valence-corrected chi connectivity index (χ0v) is 11.9. The first-order valence-corrected chi connectivity index (χ1v) is 7.14. The van der Waals surface area contributed by atoms with Crippen LogP contribution < -0.4 is 0 Å². The molecule has 2 unspecified atom stereocenters. The Bertz CT molecular complexity index is 419. The van der Waals surface area contributed by atoms with Crippen LogP contribution in [0.2, 0.25) is 0 Å². The van der Waals surface area contributed by atoms with Crippen molar-refractivity contribution in [3.05, 3.63) is 35.9 Å². The van der Waals surface area contributed by atoms with E-state index in [-0.39, 0.29) is 11.5 Å². The Labute approximate surface area is 113 Å². The second-order valence-electron chi connectivity index (χ2n) is 4.87. The highest BCUT2D eigenvalue weighted by Crippen LogP contribution is 2.57. The van der Waals surface area contributed by atoms with Crippen molar-refractivity contribution in [1.82, 2.24) is 4.31 Å². The molecule has 0 aliphatic carbocycles. The van der Waals surface area contributed by atoms with Gasteiger partial charge < -0.3 is 4.74 Å². The quantitative estimate of drug-likeness (QED) is 0.465. The third-order valence-electron chi connectivity index (χ3n) is 3.15. The molecule has 0 radical (unpaired) electrons. The third-order valence-corrected chi connectivity index (χ3v) is 4.47. The predicted molar refractivity (Wildman–Crippen MR) is 74.2 cm³/mol. The van der Waals surface area contributed by atoms with Gasteiger partial charge in [0.15, 0.2) is 0 Å². The van der Waals surface area contributed by atoms with Gasteiger partial charge in [-0.2, -0.15) is 0 Å². The zero-order chi connectivity index (χ0) is 13.2. The SMILES string of the molecule is CCOC(=O)CSN1C(c2ccccc2)C1(C)C. The van der Waals surface area contributed by atoms with Crippen molar-refractivity contribution in [2.45, 2.75) is 32.4 Å². The lowest BCUT2D eigenvalue weighted by Crippen LogP contribution is -2.10. The van der Waals surface area contributed by atoms with E-state index >= 15 is 0 Å². The Balaban J connectivity index is 1.93. The molecule has 4 heteroatoms.